The molecule has 0 saturated carbocycles. The molecular weight excluding hydrogens is 92.1 g/mol. The van der Waals surface area contributed by atoms with Gasteiger partial charge in [0.15, 0.2) is 0 Å². The Bertz CT molecular complexity index is 91.7. The molecule has 3 nitrogen and oxygen atoms in total. The highest BCUT2D eigenvalue weighted by Gasteiger charge is 2.08. The number of hydroxylamine groups is 1. The first kappa shape index (κ1) is 4.46. The van der Waals surface area contributed by atoms with Gasteiger partial charge in [-0.05, 0) is 6.58 Å². The van der Waals surface area contributed by atoms with Gasteiger partial charge in [-0.25, -0.2) is 0 Å². The molecule has 1 heterocycles. The minimum atomic E-state index is 0.681. The van der Waals surface area contributed by atoms with Crippen LogP contribution in [0, 0.1) is 0 Å². The lowest BCUT2D eigenvalue weighted by atomic mass is 10.8. The Morgan fingerprint density at radius 2 is 2.71 bits per heavy atom. The van der Waals surface area contributed by atoms with Crippen LogP contribution < -0.4 is 5.48 Å². The minimum Gasteiger partial charge on any atom is -0.389 e. The number of hydrogen-bond donors (Lipinski definition) is 1. The largest absolute Gasteiger partial charge is 0.389 e. The number of rotatable bonds is 0. The zero-order valence-corrected chi connectivity index (χ0v) is 4.27. The first-order valence-electron chi connectivity index (χ1n) is 2.10. The molecule has 7 heavy (non-hydrogen) atoms. The third-order valence-electron chi connectivity index (χ3n) is 0.917. The Labute approximate surface area is 42.5 Å². The Morgan fingerprint density at radius 1 is 2.00 bits per heavy atom. The maximum atomic E-state index is 4.75. The van der Waals surface area contributed by atoms with Crippen LogP contribution in [-0.2, 0) is 4.84 Å². The molecule has 40 valence electrons. The van der Waals surface area contributed by atoms with E-state index in [1.807, 2.05) is 11.9 Å². The van der Waals surface area contributed by atoms with Crippen LogP contribution in [0.4, 0.5) is 0 Å². The van der Waals surface area contributed by atoms with Gasteiger partial charge in [-0.1, -0.05) is 0 Å². The third kappa shape index (κ3) is 0.667. The van der Waals surface area contributed by atoms with E-state index in [0.29, 0.717) is 5.88 Å². The Hall–Kier alpha value is -0.700. The van der Waals surface area contributed by atoms with E-state index < -0.39 is 0 Å². The summed E-state index contributed by atoms with van der Waals surface area (Å²) in [6, 6.07) is 0. The summed E-state index contributed by atoms with van der Waals surface area (Å²) in [5.74, 6) is 0.681. The third-order valence-corrected chi connectivity index (χ3v) is 0.917. The van der Waals surface area contributed by atoms with Gasteiger partial charge in [0, 0.05) is 7.05 Å². The van der Waals surface area contributed by atoms with Crippen LogP contribution in [0.2, 0.25) is 0 Å². The van der Waals surface area contributed by atoms with Crippen molar-refractivity contribution < 1.29 is 4.84 Å². The summed E-state index contributed by atoms with van der Waals surface area (Å²) >= 11 is 0. The standard InChI is InChI=1S/C4H8N2O/c1-4-6(2)3-5-7-4/h5H,1,3H2,2H3. The first-order valence-corrected chi connectivity index (χ1v) is 2.10. The number of nitrogens with one attached hydrogen (secondary N) is 1. The molecule has 0 unspecified atom stereocenters. The molecule has 1 aliphatic rings. The average molecular weight is 100 g/mol. The van der Waals surface area contributed by atoms with Crippen molar-refractivity contribution in [2.45, 2.75) is 0 Å². The van der Waals surface area contributed by atoms with Crippen LogP contribution >= 0.6 is 0 Å². The van der Waals surface area contributed by atoms with Gasteiger partial charge in [-0.2, -0.15) is 0 Å². The fraction of sp³-hybridized carbons (Fsp3) is 0.500. The molecule has 0 radical (unpaired) electrons. The number of hydrogen-bond acceptors (Lipinski definition) is 3. The second kappa shape index (κ2) is 1.42. The predicted molar refractivity (Wildman–Crippen MR) is 26.0 cm³/mol. The van der Waals surface area contributed by atoms with Gasteiger partial charge in [0.25, 0.3) is 0 Å². The van der Waals surface area contributed by atoms with Crippen LogP contribution in [0.15, 0.2) is 12.5 Å². The molecule has 1 N–H and O–H groups in total. The van der Waals surface area contributed by atoms with E-state index in [9.17, 15) is 0 Å². The molecular formula is C4H8N2O. The van der Waals surface area contributed by atoms with Gasteiger partial charge >= 0.3 is 0 Å². The van der Waals surface area contributed by atoms with E-state index in [0.717, 1.165) is 6.67 Å². The minimum absolute atomic E-state index is 0.681. The predicted octanol–water partition coefficient (Wildman–Crippen LogP) is -0.118. The molecule has 0 aromatic carbocycles. The van der Waals surface area contributed by atoms with Crippen molar-refractivity contribution >= 4 is 0 Å². The summed E-state index contributed by atoms with van der Waals surface area (Å²) in [5.41, 5.74) is 2.65. The SMILES string of the molecule is C=C1ONCN1C. The summed E-state index contributed by atoms with van der Waals surface area (Å²) in [4.78, 5) is 6.62. The maximum absolute atomic E-state index is 4.75. The second-order valence-electron chi connectivity index (χ2n) is 1.50. The van der Waals surface area contributed by atoms with E-state index in [2.05, 4.69) is 12.1 Å². The molecule has 0 amide bonds. The lowest BCUT2D eigenvalue weighted by Crippen LogP contribution is -2.14. The average Bonchev–Trinajstić information content (AvgIpc) is 1.91. The quantitative estimate of drug-likeness (QED) is 0.459. The molecule has 0 aromatic heterocycles. The molecule has 1 fully saturated rings. The van der Waals surface area contributed by atoms with E-state index in [1.165, 1.54) is 0 Å². The molecule has 1 aliphatic heterocycles. The highest BCUT2D eigenvalue weighted by Crippen LogP contribution is 2.01. The van der Waals surface area contributed by atoms with Crippen LogP contribution in [-0.4, -0.2) is 18.6 Å². The number of nitrogens with zero attached hydrogens (tertiary/aromatic N) is 1. The lowest BCUT2D eigenvalue weighted by molar-refractivity contribution is 0.152. The van der Waals surface area contributed by atoms with E-state index >= 15 is 0 Å². The molecule has 0 spiro atoms. The Morgan fingerprint density at radius 3 is 2.86 bits per heavy atom. The second-order valence-corrected chi connectivity index (χ2v) is 1.50. The molecule has 0 atom stereocenters. The summed E-state index contributed by atoms with van der Waals surface area (Å²) < 4.78 is 0. The van der Waals surface area contributed by atoms with Crippen LogP contribution in [0.3, 0.4) is 0 Å². The van der Waals surface area contributed by atoms with Gasteiger partial charge in [-0.15, -0.1) is 5.48 Å². The molecule has 0 bridgehead atoms. The van der Waals surface area contributed by atoms with Crippen molar-refractivity contribution in [1.29, 1.82) is 0 Å². The fourth-order valence-corrected chi connectivity index (χ4v) is 0.379. The normalized spacial score (nSPS) is 20.1. The van der Waals surface area contributed by atoms with Crippen LogP contribution in [0.1, 0.15) is 0 Å². The molecule has 1 saturated heterocycles. The van der Waals surface area contributed by atoms with Gasteiger partial charge in [-0.3, -0.25) is 0 Å². The van der Waals surface area contributed by atoms with Crippen molar-refractivity contribution in [2.24, 2.45) is 0 Å². The summed E-state index contributed by atoms with van der Waals surface area (Å²) in [6.45, 7) is 4.31. The van der Waals surface area contributed by atoms with E-state index in [1.54, 1.807) is 0 Å². The lowest BCUT2D eigenvalue weighted by Gasteiger charge is -2.02. The Balaban J connectivity index is 2.48. The first-order chi connectivity index (χ1) is 3.30. The smallest absolute Gasteiger partial charge is 0.208 e. The highest BCUT2D eigenvalue weighted by molar-refractivity contribution is 4.82. The van der Waals surface area contributed by atoms with Crippen molar-refractivity contribution in [3.8, 4) is 0 Å². The summed E-state index contributed by atoms with van der Waals surface area (Å²) in [7, 11) is 1.91. The summed E-state index contributed by atoms with van der Waals surface area (Å²) in [5, 5.41) is 0. The van der Waals surface area contributed by atoms with Crippen molar-refractivity contribution in [1.82, 2.24) is 10.4 Å². The van der Waals surface area contributed by atoms with Crippen molar-refractivity contribution in [3.05, 3.63) is 12.5 Å². The fourth-order valence-electron chi connectivity index (χ4n) is 0.379. The zero-order valence-electron chi connectivity index (χ0n) is 4.27. The Kier molecular flexibility index (Phi) is 0.906. The van der Waals surface area contributed by atoms with Gasteiger partial charge < -0.3 is 9.74 Å². The molecule has 0 aromatic rings. The molecule has 1 rings (SSSR count). The van der Waals surface area contributed by atoms with Crippen LogP contribution in [0.5, 0.6) is 0 Å². The molecule has 0 aliphatic carbocycles. The highest BCUT2D eigenvalue weighted by atomic mass is 16.7. The molecule has 3 heteroatoms. The maximum Gasteiger partial charge on any atom is 0.208 e. The zero-order chi connectivity index (χ0) is 5.28. The monoisotopic (exact) mass is 100 g/mol. The summed E-state index contributed by atoms with van der Waals surface area (Å²) in [6.07, 6.45) is 0. The van der Waals surface area contributed by atoms with Gasteiger partial charge in [0.1, 0.15) is 6.67 Å². The van der Waals surface area contributed by atoms with Crippen molar-refractivity contribution in [2.75, 3.05) is 13.7 Å². The van der Waals surface area contributed by atoms with Gasteiger partial charge in [0.05, 0.1) is 0 Å². The van der Waals surface area contributed by atoms with Gasteiger partial charge in [0.2, 0.25) is 5.88 Å². The van der Waals surface area contributed by atoms with E-state index in [-0.39, 0.29) is 0 Å². The van der Waals surface area contributed by atoms with Crippen LogP contribution in [0.25, 0.3) is 0 Å². The van der Waals surface area contributed by atoms with E-state index in [4.69, 9.17) is 4.84 Å². The topological polar surface area (TPSA) is 24.5 Å². The van der Waals surface area contributed by atoms with Crippen molar-refractivity contribution in [3.63, 3.8) is 0 Å².